The number of hydrogen-bond acceptors (Lipinski definition) is 8. The summed E-state index contributed by atoms with van der Waals surface area (Å²) >= 11 is 0. The van der Waals surface area contributed by atoms with E-state index in [1.165, 1.54) is 12.0 Å². The topological polar surface area (TPSA) is 106 Å². The number of benzene rings is 2. The number of aliphatic hydroxyl groups is 1. The molecule has 1 amide bonds. The van der Waals surface area contributed by atoms with Crippen LogP contribution in [0.4, 0.5) is 0 Å². The van der Waals surface area contributed by atoms with Crippen molar-refractivity contribution in [1.82, 2.24) is 9.80 Å². The van der Waals surface area contributed by atoms with Gasteiger partial charge in [0.15, 0.2) is 0 Å². The summed E-state index contributed by atoms with van der Waals surface area (Å²) in [4.78, 5) is 42.1. The van der Waals surface area contributed by atoms with Crippen LogP contribution >= 0.6 is 0 Å². The first kappa shape index (κ1) is 26.4. The van der Waals surface area contributed by atoms with Crippen molar-refractivity contribution < 1.29 is 33.7 Å². The largest absolute Gasteiger partial charge is 0.507 e. The van der Waals surface area contributed by atoms with Crippen LogP contribution in [0.5, 0.6) is 5.75 Å². The van der Waals surface area contributed by atoms with Gasteiger partial charge in [0.05, 0.1) is 43.6 Å². The zero-order chi connectivity index (χ0) is 26.5. The van der Waals surface area contributed by atoms with E-state index in [4.69, 9.17) is 14.2 Å². The Morgan fingerprint density at radius 1 is 1.00 bits per heavy atom. The van der Waals surface area contributed by atoms with Gasteiger partial charge in [0.2, 0.25) is 0 Å². The molecule has 0 aliphatic carbocycles. The predicted molar refractivity (Wildman–Crippen MR) is 136 cm³/mol. The Morgan fingerprint density at radius 3 is 2.22 bits per heavy atom. The highest BCUT2D eigenvalue weighted by molar-refractivity contribution is 6.46. The Bertz CT molecular complexity index is 1170. The third kappa shape index (κ3) is 5.84. The summed E-state index contributed by atoms with van der Waals surface area (Å²) in [6, 6.07) is 12.5. The van der Waals surface area contributed by atoms with E-state index in [-0.39, 0.29) is 17.4 Å². The number of methoxy groups -OCH3 is 1. The van der Waals surface area contributed by atoms with Crippen LogP contribution in [0, 0.1) is 0 Å². The second-order valence-corrected chi connectivity index (χ2v) is 9.25. The standard InChI is InChI=1S/C28H32N2O7/c1-18(2)37-22-10-8-20(9-11-22)25(31)23-24(19-4-6-21(7-5-19)28(34)35-3)30(27(33)26(23)32)13-12-29-14-16-36-17-15-29/h4-11,18,24,31H,12-17H2,1-3H3/b25-23-. The van der Waals surface area contributed by atoms with E-state index >= 15 is 0 Å². The van der Waals surface area contributed by atoms with Crippen molar-refractivity contribution in [2.24, 2.45) is 0 Å². The highest BCUT2D eigenvalue weighted by atomic mass is 16.5. The molecule has 0 spiro atoms. The molecule has 196 valence electrons. The molecule has 9 nitrogen and oxygen atoms in total. The Hall–Kier alpha value is -3.69. The molecule has 2 fully saturated rings. The van der Waals surface area contributed by atoms with Gasteiger partial charge in [0.1, 0.15) is 11.5 Å². The van der Waals surface area contributed by atoms with E-state index in [9.17, 15) is 19.5 Å². The van der Waals surface area contributed by atoms with E-state index < -0.39 is 23.7 Å². The first-order chi connectivity index (χ1) is 17.8. The number of ketones is 1. The molecular formula is C28H32N2O7. The number of likely N-dealkylation sites (tertiary alicyclic amines) is 1. The molecule has 1 unspecified atom stereocenters. The summed E-state index contributed by atoms with van der Waals surface area (Å²) in [5, 5.41) is 11.3. The van der Waals surface area contributed by atoms with Crippen LogP contribution in [-0.4, -0.2) is 85.2 Å². The number of amides is 1. The van der Waals surface area contributed by atoms with Gasteiger partial charge in [-0.15, -0.1) is 0 Å². The lowest BCUT2D eigenvalue weighted by molar-refractivity contribution is -0.140. The van der Waals surface area contributed by atoms with Crippen molar-refractivity contribution in [1.29, 1.82) is 0 Å². The van der Waals surface area contributed by atoms with Crippen molar-refractivity contribution in [3.8, 4) is 5.75 Å². The number of ether oxygens (including phenoxy) is 3. The molecular weight excluding hydrogens is 476 g/mol. The second kappa shape index (κ2) is 11.6. The smallest absolute Gasteiger partial charge is 0.337 e. The molecule has 0 saturated carbocycles. The van der Waals surface area contributed by atoms with Crippen LogP contribution in [0.25, 0.3) is 5.76 Å². The average Bonchev–Trinajstić information content (AvgIpc) is 3.16. The summed E-state index contributed by atoms with van der Waals surface area (Å²) in [6.07, 6.45) is -0.0100. The molecule has 1 N–H and O–H groups in total. The normalized spacial score (nSPS) is 19.9. The average molecular weight is 509 g/mol. The maximum absolute atomic E-state index is 13.3. The highest BCUT2D eigenvalue weighted by Crippen LogP contribution is 2.39. The zero-order valence-corrected chi connectivity index (χ0v) is 21.3. The van der Waals surface area contributed by atoms with Gasteiger partial charge >= 0.3 is 5.97 Å². The number of rotatable bonds is 8. The van der Waals surface area contributed by atoms with Crippen molar-refractivity contribution in [2.45, 2.75) is 26.0 Å². The summed E-state index contributed by atoms with van der Waals surface area (Å²) < 4.78 is 15.9. The predicted octanol–water partition coefficient (Wildman–Crippen LogP) is 3.01. The number of hydrogen-bond donors (Lipinski definition) is 1. The van der Waals surface area contributed by atoms with Crippen LogP contribution in [0.3, 0.4) is 0 Å². The van der Waals surface area contributed by atoms with Gasteiger partial charge in [-0.05, 0) is 55.8 Å². The minimum Gasteiger partial charge on any atom is -0.507 e. The van der Waals surface area contributed by atoms with Gasteiger partial charge in [0.25, 0.3) is 11.7 Å². The zero-order valence-electron chi connectivity index (χ0n) is 21.3. The molecule has 2 aliphatic heterocycles. The second-order valence-electron chi connectivity index (χ2n) is 9.25. The number of carbonyl (C=O) groups is 3. The van der Waals surface area contributed by atoms with Gasteiger partial charge in [-0.2, -0.15) is 0 Å². The monoisotopic (exact) mass is 508 g/mol. The molecule has 0 aromatic heterocycles. The maximum Gasteiger partial charge on any atom is 0.337 e. The van der Waals surface area contributed by atoms with Gasteiger partial charge in [0, 0.05) is 31.7 Å². The molecule has 2 saturated heterocycles. The summed E-state index contributed by atoms with van der Waals surface area (Å²) in [5.41, 5.74) is 1.36. The third-order valence-electron chi connectivity index (χ3n) is 6.45. The number of nitrogens with zero attached hydrogens (tertiary/aromatic N) is 2. The lowest BCUT2D eigenvalue weighted by Gasteiger charge is -2.31. The van der Waals surface area contributed by atoms with Crippen molar-refractivity contribution in [3.63, 3.8) is 0 Å². The minimum atomic E-state index is -0.806. The summed E-state index contributed by atoms with van der Waals surface area (Å²) in [7, 11) is 1.30. The van der Waals surface area contributed by atoms with Crippen LogP contribution in [-0.2, 0) is 19.1 Å². The molecule has 0 radical (unpaired) electrons. The number of Topliss-reactive ketones (excluding diaryl/α,β-unsaturated/α-hetero) is 1. The van der Waals surface area contributed by atoms with Gasteiger partial charge in [-0.3, -0.25) is 14.5 Å². The Morgan fingerprint density at radius 2 is 1.62 bits per heavy atom. The molecule has 0 bridgehead atoms. The first-order valence-electron chi connectivity index (χ1n) is 12.3. The molecule has 1 atom stereocenters. The fraction of sp³-hybridized carbons (Fsp3) is 0.393. The molecule has 2 aromatic carbocycles. The van der Waals surface area contributed by atoms with E-state index in [2.05, 4.69) is 4.90 Å². The molecule has 2 aromatic rings. The lowest BCUT2D eigenvalue weighted by Crippen LogP contribution is -2.42. The van der Waals surface area contributed by atoms with Crippen molar-refractivity contribution in [3.05, 3.63) is 70.8 Å². The Balaban J connectivity index is 1.71. The lowest BCUT2D eigenvalue weighted by atomic mass is 9.94. The number of aliphatic hydroxyl groups excluding tert-OH is 1. The number of esters is 1. The molecule has 37 heavy (non-hydrogen) atoms. The molecule has 2 heterocycles. The molecule has 4 rings (SSSR count). The van der Waals surface area contributed by atoms with E-state index in [0.29, 0.717) is 48.7 Å². The van der Waals surface area contributed by atoms with Crippen molar-refractivity contribution >= 4 is 23.4 Å². The Kier molecular flexibility index (Phi) is 8.25. The number of morpholine rings is 1. The summed E-state index contributed by atoms with van der Waals surface area (Å²) in [5.74, 6) is -1.53. The van der Waals surface area contributed by atoms with Crippen LogP contribution < -0.4 is 4.74 Å². The van der Waals surface area contributed by atoms with E-state index in [1.54, 1.807) is 48.5 Å². The van der Waals surface area contributed by atoms with Crippen LogP contribution in [0.15, 0.2) is 54.1 Å². The molecule has 2 aliphatic rings. The van der Waals surface area contributed by atoms with E-state index in [1.807, 2.05) is 13.8 Å². The van der Waals surface area contributed by atoms with E-state index in [0.717, 1.165) is 13.1 Å². The first-order valence-corrected chi connectivity index (χ1v) is 12.3. The highest BCUT2D eigenvalue weighted by Gasteiger charge is 2.46. The van der Waals surface area contributed by atoms with Gasteiger partial charge in [-0.1, -0.05) is 12.1 Å². The minimum absolute atomic E-state index is 0.00956. The van der Waals surface area contributed by atoms with Gasteiger partial charge in [-0.25, -0.2) is 4.79 Å². The quantitative estimate of drug-likeness (QED) is 0.251. The SMILES string of the molecule is COC(=O)c1ccc(C2/C(=C(/O)c3ccc(OC(C)C)cc3)C(=O)C(=O)N2CCN2CCOCC2)cc1. The van der Waals surface area contributed by atoms with Gasteiger partial charge < -0.3 is 24.2 Å². The third-order valence-corrected chi connectivity index (χ3v) is 6.45. The fourth-order valence-electron chi connectivity index (χ4n) is 4.57. The maximum atomic E-state index is 13.3. The fourth-order valence-corrected chi connectivity index (χ4v) is 4.57. The molecule has 9 heteroatoms. The summed E-state index contributed by atoms with van der Waals surface area (Å²) in [6.45, 7) is 7.41. The number of carbonyl (C=O) groups excluding carboxylic acids is 3. The Labute approximate surface area is 216 Å². The van der Waals surface area contributed by atoms with Crippen LogP contribution in [0.2, 0.25) is 0 Å². The van der Waals surface area contributed by atoms with Crippen molar-refractivity contribution in [2.75, 3.05) is 46.5 Å². The van der Waals surface area contributed by atoms with Crippen LogP contribution in [0.1, 0.15) is 41.4 Å².